The van der Waals surface area contributed by atoms with Crippen LogP contribution in [-0.4, -0.2) is 40.3 Å². The van der Waals surface area contributed by atoms with Crippen LogP contribution in [0, 0.1) is 5.82 Å². The molecule has 7 heteroatoms. The van der Waals surface area contributed by atoms with Crippen molar-refractivity contribution in [2.24, 2.45) is 0 Å². The van der Waals surface area contributed by atoms with Gasteiger partial charge in [-0.05, 0) is 41.5 Å². The van der Waals surface area contributed by atoms with E-state index in [4.69, 9.17) is 4.74 Å². The highest BCUT2D eigenvalue weighted by molar-refractivity contribution is 5.98. The van der Waals surface area contributed by atoms with E-state index in [2.05, 4.69) is 0 Å². The largest absolute Gasteiger partial charge is 0.477 e. The summed E-state index contributed by atoms with van der Waals surface area (Å²) in [6.07, 6.45) is -0.523. The van der Waals surface area contributed by atoms with Crippen LogP contribution < -0.4 is 0 Å². The SMILES string of the molecule is CCOC(=O)N(C)Cc1c(C(=O)O)n(Cc2cccc3ccc(F)cc23)c2ccccc12. The smallest absolute Gasteiger partial charge is 0.409 e. The second kappa shape index (κ2) is 8.70. The first kappa shape index (κ1) is 21.4. The number of para-hydroxylation sites is 1. The van der Waals surface area contributed by atoms with Gasteiger partial charge in [-0.1, -0.05) is 42.5 Å². The molecule has 3 aromatic carbocycles. The van der Waals surface area contributed by atoms with Crippen LogP contribution in [0.4, 0.5) is 9.18 Å². The lowest BCUT2D eigenvalue weighted by Crippen LogP contribution is -2.27. The summed E-state index contributed by atoms with van der Waals surface area (Å²) in [6, 6.07) is 17.6. The molecule has 164 valence electrons. The molecule has 32 heavy (non-hydrogen) atoms. The van der Waals surface area contributed by atoms with Crippen LogP contribution in [0.1, 0.15) is 28.5 Å². The summed E-state index contributed by atoms with van der Waals surface area (Å²) in [6.45, 7) is 2.27. The lowest BCUT2D eigenvalue weighted by molar-refractivity contribution is 0.0682. The van der Waals surface area contributed by atoms with E-state index in [0.717, 1.165) is 27.2 Å². The summed E-state index contributed by atoms with van der Waals surface area (Å²) in [5, 5.41) is 12.5. The lowest BCUT2D eigenvalue weighted by atomic mass is 10.0. The molecule has 1 heterocycles. The molecule has 0 radical (unpaired) electrons. The zero-order chi connectivity index (χ0) is 22.8. The van der Waals surface area contributed by atoms with E-state index in [0.29, 0.717) is 5.56 Å². The van der Waals surface area contributed by atoms with Crippen molar-refractivity contribution in [3.63, 3.8) is 0 Å². The molecule has 1 aromatic heterocycles. The summed E-state index contributed by atoms with van der Waals surface area (Å²) in [7, 11) is 1.57. The van der Waals surface area contributed by atoms with Gasteiger partial charge in [0.15, 0.2) is 0 Å². The number of hydrogen-bond donors (Lipinski definition) is 1. The Hall–Kier alpha value is -3.87. The Morgan fingerprint density at radius 1 is 1.06 bits per heavy atom. The van der Waals surface area contributed by atoms with Crippen LogP contribution in [0.5, 0.6) is 0 Å². The van der Waals surface area contributed by atoms with E-state index in [1.165, 1.54) is 17.0 Å². The number of ether oxygens (including phenoxy) is 1. The third-order valence-electron chi connectivity index (χ3n) is 5.52. The molecular weight excluding hydrogens is 411 g/mol. The topological polar surface area (TPSA) is 71.8 Å². The van der Waals surface area contributed by atoms with Crippen LogP contribution in [0.3, 0.4) is 0 Å². The van der Waals surface area contributed by atoms with Crippen molar-refractivity contribution < 1.29 is 23.8 Å². The number of carboxylic acid groups (broad SMARTS) is 1. The van der Waals surface area contributed by atoms with Gasteiger partial charge in [-0.25, -0.2) is 14.0 Å². The fourth-order valence-electron chi connectivity index (χ4n) is 4.10. The van der Waals surface area contributed by atoms with Gasteiger partial charge in [0.05, 0.1) is 13.2 Å². The average Bonchev–Trinajstić information content (AvgIpc) is 3.08. The molecule has 1 amide bonds. The highest BCUT2D eigenvalue weighted by atomic mass is 19.1. The summed E-state index contributed by atoms with van der Waals surface area (Å²) in [4.78, 5) is 25.9. The molecule has 0 atom stereocenters. The molecule has 0 saturated carbocycles. The third-order valence-corrected chi connectivity index (χ3v) is 5.52. The predicted octanol–water partition coefficient (Wildman–Crippen LogP) is 5.27. The Kier molecular flexibility index (Phi) is 5.81. The predicted molar refractivity (Wildman–Crippen MR) is 120 cm³/mol. The Morgan fingerprint density at radius 2 is 1.84 bits per heavy atom. The van der Waals surface area contributed by atoms with Gasteiger partial charge in [0.1, 0.15) is 11.5 Å². The Balaban J connectivity index is 1.87. The van der Waals surface area contributed by atoms with Crippen molar-refractivity contribution >= 4 is 33.7 Å². The number of fused-ring (bicyclic) bond motifs is 2. The molecule has 0 aliphatic rings. The number of nitrogens with zero attached hydrogens (tertiary/aromatic N) is 2. The van der Waals surface area contributed by atoms with Crippen LogP contribution >= 0.6 is 0 Å². The zero-order valence-corrected chi connectivity index (χ0v) is 17.8. The molecular formula is C25H23FN2O4. The number of carboxylic acids is 1. The molecule has 4 aromatic rings. The minimum absolute atomic E-state index is 0.0815. The number of benzene rings is 3. The van der Waals surface area contributed by atoms with E-state index >= 15 is 0 Å². The fraction of sp³-hybridized carbons (Fsp3) is 0.200. The fourth-order valence-corrected chi connectivity index (χ4v) is 4.10. The maximum atomic E-state index is 14.0. The first-order chi connectivity index (χ1) is 15.4. The van der Waals surface area contributed by atoms with E-state index < -0.39 is 12.1 Å². The number of hydrogen-bond acceptors (Lipinski definition) is 3. The molecule has 0 fully saturated rings. The van der Waals surface area contributed by atoms with Gasteiger partial charge >= 0.3 is 12.1 Å². The van der Waals surface area contributed by atoms with Crippen LogP contribution in [0.15, 0.2) is 60.7 Å². The van der Waals surface area contributed by atoms with E-state index in [1.807, 2.05) is 42.5 Å². The number of carbonyl (C=O) groups excluding carboxylic acids is 1. The Bertz CT molecular complexity index is 1330. The zero-order valence-electron chi connectivity index (χ0n) is 17.8. The van der Waals surface area contributed by atoms with Gasteiger partial charge in [0.25, 0.3) is 0 Å². The Labute approximate surface area is 184 Å². The quantitative estimate of drug-likeness (QED) is 0.449. The maximum Gasteiger partial charge on any atom is 0.409 e. The van der Waals surface area contributed by atoms with Crippen molar-refractivity contribution in [1.82, 2.24) is 9.47 Å². The molecule has 0 bridgehead atoms. The summed E-state index contributed by atoms with van der Waals surface area (Å²) < 4.78 is 20.7. The van der Waals surface area contributed by atoms with Gasteiger partial charge in [0.2, 0.25) is 0 Å². The first-order valence-corrected chi connectivity index (χ1v) is 10.3. The van der Waals surface area contributed by atoms with Crippen LogP contribution in [-0.2, 0) is 17.8 Å². The minimum Gasteiger partial charge on any atom is -0.477 e. The highest BCUT2D eigenvalue weighted by Gasteiger charge is 2.25. The number of rotatable bonds is 6. The molecule has 4 rings (SSSR count). The number of carbonyl (C=O) groups is 2. The minimum atomic E-state index is -1.10. The van der Waals surface area contributed by atoms with Crippen molar-refractivity contribution in [2.45, 2.75) is 20.0 Å². The van der Waals surface area contributed by atoms with Crippen LogP contribution in [0.25, 0.3) is 21.7 Å². The third kappa shape index (κ3) is 3.89. The Morgan fingerprint density at radius 3 is 2.59 bits per heavy atom. The summed E-state index contributed by atoms with van der Waals surface area (Å²) in [5.74, 6) is -1.45. The molecule has 6 nitrogen and oxygen atoms in total. The number of halogens is 1. The van der Waals surface area contributed by atoms with Crippen LogP contribution in [0.2, 0.25) is 0 Å². The lowest BCUT2D eigenvalue weighted by Gasteiger charge is -2.17. The van der Waals surface area contributed by atoms with Gasteiger partial charge in [-0.15, -0.1) is 0 Å². The first-order valence-electron chi connectivity index (χ1n) is 10.3. The van der Waals surface area contributed by atoms with Crippen molar-refractivity contribution in [1.29, 1.82) is 0 Å². The standard InChI is InChI=1S/C25H23FN2O4/c1-3-32-25(31)27(2)15-21-19-9-4-5-10-22(19)28(23(21)24(29)30)14-17-8-6-7-16-11-12-18(26)13-20(16)17/h4-13H,3,14-15H2,1-2H3,(H,29,30). The van der Waals surface area contributed by atoms with Crippen molar-refractivity contribution in [3.05, 3.63) is 83.3 Å². The molecule has 0 unspecified atom stereocenters. The second-order valence-corrected chi connectivity index (χ2v) is 7.57. The van der Waals surface area contributed by atoms with Gasteiger partial charge in [-0.2, -0.15) is 0 Å². The van der Waals surface area contributed by atoms with Gasteiger partial charge in [-0.3, -0.25) is 0 Å². The van der Waals surface area contributed by atoms with E-state index in [-0.39, 0.29) is 31.2 Å². The second-order valence-electron chi connectivity index (χ2n) is 7.57. The summed E-state index contributed by atoms with van der Waals surface area (Å²) >= 11 is 0. The van der Waals surface area contributed by atoms with E-state index in [9.17, 15) is 19.1 Å². The number of amides is 1. The molecule has 0 aliphatic carbocycles. The number of aromatic nitrogens is 1. The van der Waals surface area contributed by atoms with Crippen molar-refractivity contribution in [3.8, 4) is 0 Å². The normalized spacial score (nSPS) is 11.1. The number of aromatic carboxylic acids is 1. The monoisotopic (exact) mass is 434 g/mol. The van der Waals surface area contributed by atoms with Gasteiger partial charge in [0, 0.05) is 30.1 Å². The van der Waals surface area contributed by atoms with Crippen molar-refractivity contribution in [2.75, 3.05) is 13.7 Å². The molecule has 0 saturated heterocycles. The average molecular weight is 434 g/mol. The highest BCUT2D eigenvalue weighted by Crippen LogP contribution is 2.30. The molecule has 1 N–H and O–H groups in total. The maximum absolute atomic E-state index is 14.0. The molecule has 0 aliphatic heterocycles. The van der Waals surface area contributed by atoms with Gasteiger partial charge < -0.3 is 19.3 Å². The molecule has 0 spiro atoms. The summed E-state index contributed by atoms with van der Waals surface area (Å²) in [5.41, 5.74) is 2.15. The van der Waals surface area contributed by atoms with E-state index in [1.54, 1.807) is 24.6 Å².